The van der Waals surface area contributed by atoms with Crippen LogP contribution in [-0.4, -0.2) is 26.0 Å². The third-order valence-electron chi connectivity index (χ3n) is 5.69. The van der Waals surface area contributed by atoms with Gasteiger partial charge in [-0.2, -0.15) is 0 Å². The maximum Gasteiger partial charge on any atom is 0.293 e. The molecule has 2 aromatic heterocycles. The Morgan fingerprint density at radius 1 is 0.743 bits per heavy atom. The van der Waals surface area contributed by atoms with Crippen LogP contribution in [0.1, 0.15) is 26.7 Å². The molecule has 0 saturated heterocycles. The van der Waals surface area contributed by atoms with Gasteiger partial charge in [-0.1, -0.05) is 12.1 Å². The van der Waals surface area contributed by atoms with Crippen molar-refractivity contribution in [2.45, 2.75) is 6.92 Å². The molecule has 0 aliphatic heterocycles. The average molecular weight is 470 g/mol. The number of hydrogen-bond acceptors (Lipinski definition) is 6. The van der Waals surface area contributed by atoms with E-state index >= 15 is 0 Å². The van der Waals surface area contributed by atoms with Gasteiger partial charge in [0.2, 0.25) is 5.76 Å². The number of benzene rings is 3. The molecule has 0 unspecified atom stereocenters. The monoisotopic (exact) mass is 470 g/mol. The Bertz CT molecular complexity index is 1560. The average Bonchev–Trinajstić information content (AvgIpc) is 3.40. The maximum absolute atomic E-state index is 13.5. The Balaban J connectivity index is 1.52. The summed E-state index contributed by atoms with van der Waals surface area (Å²) < 4.78 is 22.1. The second kappa shape index (κ2) is 8.90. The molecule has 0 atom stereocenters. The normalized spacial score (nSPS) is 10.9. The van der Waals surface area contributed by atoms with E-state index in [1.54, 1.807) is 81.8 Å². The van der Waals surface area contributed by atoms with Gasteiger partial charge in [0.25, 0.3) is 11.8 Å². The standard InChI is InChI=1S/C27H22N2O6/c1-15-23(20-14-18(33-3)12-13-22(20)34-15)26(30)29-24-19-6-4-5-7-21(19)35-25(24)27(31)28-16-8-10-17(32-2)11-9-16/h4-14H,1-3H3,(H,28,31)(H,29,30). The fourth-order valence-electron chi connectivity index (χ4n) is 3.98. The summed E-state index contributed by atoms with van der Waals surface area (Å²) >= 11 is 0. The number of fused-ring (bicyclic) bond motifs is 2. The SMILES string of the molecule is COc1ccc(NC(=O)c2oc3ccccc3c2NC(=O)c2c(C)oc3ccc(OC)cc23)cc1. The summed E-state index contributed by atoms with van der Waals surface area (Å²) in [6.45, 7) is 1.71. The van der Waals surface area contributed by atoms with Crippen LogP contribution < -0.4 is 20.1 Å². The predicted molar refractivity (Wildman–Crippen MR) is 133 cm³/mol. The first-order valence-corrected chi connectivity index (χ1v) is 10.8. The highest BCUT2D eigenvalue weighted by atomic mass is 16.5. The molecule has 3 aromatic carbocycles. The lowest BCUT2D eigenvalue weighted by molar-refractivity contribution is 0.0999. The topological polar surface area (TPSA) is 103 Å². The van der Waals surface area contributed by atoms with Gasteiger partial charge < -0.3 is 28.9 Å². The minimum atomic E-state index is -0.503. The summed E-state index contributed by atoms with van der Waals surface area (Å²) in [6.07, 6.45) is 0. The molecule has 0 aliphatic rings. The van der Waals surface area contributed by atoms with Crippen molar-refractivity contribution in [1.82, 2.24) is 0 Å². The molecule has 35 heavy (non-hydrogen) atoms. The van der Waals surface area contributed by atoms with Crippen LogP contribution in [0, 0.1) is 6.92 Å². The summed E-state index contributed by atoms with van der Waals surface area (Å²) in [5, 5.41) is 6.89. The minimum absolute atomic E-state index is 0.0154. The molecule has 8 nitrogen and oxygen atoms in total. The zero-order valence-electron chi connectivity index (χ0n) is 19.3. The van der Waals surface area contributed by atoms with Gasteiger partial charge >= 0.3 is 0 Å². The lowest BCUT2D eigenvalue weighted by Gasteiger charge is -2.08. The molecule has 176 valence electrons. The maximum atomic E-state index is 13.5. The summed E-state index contributed by atoms with van der Waals surface area (Å²) in [5.74, 6) is 0.762. The van der Waals surface area contributed by atoms with Gasteiger partial charge in [-0.25, -0.2) is 0 Å². The lowest BCUT2D eigenvalue weighted by atomic mass is 10.1. The molecule has 0 aliphatic carbocycles. The van der Waals surface area contributed by atoms with Gasteiger partial charge in [-0.05, 0) is 61.5 Å². The van der Waals surface area contributed by atoms with Crippen molar-refractivity contribution in [2.75, 3.05) is 24.9 Å². The molecule has 0 spiro atoms. The first-order chi connectivity index (χ1) is 17.0. The second-order valence-corrected chi connectivity index (χ2v) is 7.83. The van der Waals surface area contributed by atoms with Gasteiger partial charge in [0, 0.05) is 16.5 Å². The Hall–Kier alpha value is -4.72. The van der Waals surface area contributed by atoms with Crippen molar-refractivity contribution in [3.05, 3.63) is 83.8 Å². The number of anilines is 2. The number of hydrogen-bond donors (Lipinski definition) is 2. The third kappa shape index (κ3) is 4.06. The van der Waals surface area contributed by atoms with E-state index in [4.69, 9.17) is 18.3 Å². The lowest BCUT2D eigenvalue weighted by Crippen LogP contribution is -2.17. The molecule has 0 fully saturated rings. The van der Waals surface area contributed by atoms with Crippen molar-refractivity contribution < 1.29 is 27.9 Å². The quantitative estimate of drug-likeness (QED) is 0.315. The van der Waals surface area contributed by atoms with Crippen molar-refractivity contribution in [3.63, 3.8) is 0 Å². The molecule has 2 amide bonds. The predicted octanol–water partition coefficient (Wildman–Crippen LogP) is 6.01. The molecule has 5 rings (SSSR count). The highest BCUT2D eigenvalue weighted by Gasteiger charge is 2.25. The molecular weight excluding hydrogens is 448 g/mol. The largest absolute Gasteiger partial charge is 0.497 e. The fraction of sp³-hybridized carbons (Fsp3) is 0.111. The van der Waals surface area contributed by atoms with E-state index in [0.29, 0.717) is 50.4 Å². The van der Waals surface area contributed by atoms with Crippen molar-refractivity contribution in [2.24, 2.45) is 0 Å². The van der Waals surface area contributed by atoms with Gasteiger partial charge in [0.05, 0.1) is 19.8 Å². The zero-order valence-corrected chi connectivity index (χ0v) is 19.3. The third-order valence-corrected chi connectivity index (χ3v) is 5.69. The van der Waals surface area contributed by atoms with Crippen LogP contribution in [0.5, 0.6) is 11.5 Å². The van der Waals surface area contributed by atoms with Gasteiger partial charge in [-0.3, -0.25) is 9.59 Å². The second-order valence-electron chi connectivity index (χ2n) is 7.83. The molecule has 2 heterocycles. The van der Waals surface area contributed by atoms with Crippen LogP contribution in [0.15, 0.2) is 75.6 Å². The molecule has 2 N–H and O–H groups in total. The van der Waals surface area contributed by atoms with Crippen LogP contribution in [-0.2, 0) is 0 Å². The van der Waals surface area contributed by atoms with Crippen LogP contribution in [0.4, 0.5) is 11.4 Å². The molecule has 5 aromatic rings. The number of nitrogens with one attached hydrogen (secondary N) is 2. The van der Waals surface area contributed by atoms with Crippen LogP contribution >= 0.6 is 0 Å². The van der Waals surface area contributed by atoms with E-state index in [1.165, 1.54) is 0 Å². The van der Waals surface area contributed by atoms with Crippen molar-refractivity contribution >= 4 is 45.1 Å². The number of amides is 2. The van der Waals surface area contributed by atoms with Crippen molar-refractivity contribution in [1.29, 1.82) is 0 Å². The van der Waals surface area contributed by atoms with Crippen LogP contribution in [0.3, 0.4) is 0 Å². The first-order valence-electron chi connectivity index (χ1n) is 10.8. The Labute approximate surface area is 200 Å². The molecule has 0 bridgehead atoms. The van der Waals surface area contributed by atoms with E-state index in [-0.39, 0.29) is 11.4 Å². The Morgan fingerprint density at radius 3 is 2.17 bits per heavy atom. The summed E-state index contributed by atoms with van der Waals surface area (Å²) in [7, 11) is 3.12. The van der Waals surface area contributed by atoms with E-state index in [0.717, 1.165) is 0 Å². The number of carbonyl (C=O) groups excluding carboxylic acids is 2. The van der Waals surface area contributed by atoms with E-state index in [9.17, 15) is 9.59 Å². The smallest absolute Gasteiger partial charge is 0.293 e. The number of methoxy groups -OCH3 is 2. The van der Waals surface area contributed by atoms with Crippen LogP contribution in [0.25, 0.3) is 21.9 Å². The number of carbonyl (C=O) groups is 2. The minimum Gasteiger partial charge on any atom is -0.497 e. The number of furan rings is 2. The van der Waals surface area contributed by atoms with Gasteiger partial charge in [-0.15, -0.1) is 0 Å². The van der Waals surface area contributed by atoms with Gasteiger partial charge in [0.15, 0.2) is 0 Å². The molecule has 8 heteroatoms. The number of aryl methyl sites for hydroxylation is 1. The summed E-state index contributed by atoms with van der Waals surface area (Å²) in [6, 6.07) is 19.3. The zero-order chi connectivity index (χ0) is 24.5. The summed E-state index contributed by atoms with van der Waals surface area (Å²) in [4.78, 5) is 26.6. The van der Waals surface area contributed by atoms with E-state index in [1.807, 2.05) is 6.07 Å². The summed E-state index contributed by atoms with van der Waals surface area (Å²) in [5.41, 5.74) is 2.21. The Morgan fingerprint density at radius 2 is 1.43 bits per heavy atom. The highest BCUT2D eigenvalue weighted by Crippen LogP contribution is 2.34. The van der Waals surface area contributed by atoms with E-state index in [2.05, 4.69) is 10.6 Å². The highest BCUT2D eigenvalue weighted by molar-refractivity contribution is 6.19. The van der Waals surface area contributed by atoms with Crippen LogP contribution in [0.2, 0.25) is 0 Å². The number of para-hydroxylation sites is 1. The fourth-order valence-corrected chi connectivity index (χ4v) is 3.98. The Kier molecular flexibility index (Phi) is 5.62. The molecule has 0 radical (unpaired) electrons. The van der Waals surface area contributed by atoms with Gasteiger partial charge in [0.1, 0.15) is 34.1 Å². The van der Waals surface area contributed by atoms with E-state index < -0.39 is 11.8 Å². The number of rotatable bonds is 6. The molecular formula is C27H22N2O6. The first kappa shape index (κ1) is 22.1. The van der Waals surface area contributed by atoms with Crippen molar-refractivity contribution in [3.8, 4) is 11.5 Å². The molecule has 0 saturated carbocycles. The number of ether oxygens (including phenoxy) is 2.